The summed E-state index contributed by atoms with van der Waals surface area (Å²) in [5.41, 5.74) is 1.97. The Morgan fingerprint density at radius 2 is 1.94 bits per heavy atom. The van der Waals surface area contributed by atoms with Crippen molar-refractivity contribution < 1.29 is 14.0 Å². The molecule has 0 radical (unpaired) electrons. The first-order valence-electron chi connectivity index (χ1n) is 10.2. The topological polar surface area (TPSA) is 93.1 Å². The third kappa shape index (κ3) is 4.96. The zero-order valence-electron chi connectivity index (χ0n) is 17.2. The third-order valence-electron chi connectivity index (χ3n) is 5.23. The van der Waals surface area contributed by atoms with Crippen LogP contribution in [0.2, 0.25) is 0 Å². The van der Waals surface area contributed by atoms with Gasteiger partial charge in [-0.15, -0.1) is 0 Å². The first-order chi connectivity index (χ1) is 14.9. The van der Waals surface area contributed by atoms with E-state index in [4.69, 9.17) is 0 Å². The van der Waals surface area contributed by atoms with Crippen LogP contribution in [-0.2, 0) is 22.6 Å². The van der Waals surface area contributed by atoms with Crippen molar-refractivity contribution in [3.63, 3.8) is 0 Å². The van der Waals surface area contributed by atoms with E-state index in [2.05, 4.69) is 15.6 Å². The van der Waals surface area contributed by atoms with Gasteiger partial charge in [0.1, 0.15) is 18.1 Å². The molecule has 0 unspecified atom stereocenters. The molecule has 1 aliphatic carbocycles. The molecule has 0 aliphatic heterocycles. The zero-order chi connectivity index (χ0) is 22.0. The number of para-hydroxylation sites is 2. The molecular weight excluding hydrogens is 399 g/mol. The molecule has 31 heavy (non-hydrogen) atoms. The molecule has 7 nitrogen and oxygen atoms in total. The number of aryl methyl sites for hydroxylation is 2. The summed E-state index contributed by atoms with van der Waals surface area (Å²) in [5, 5.41) is 5.56. The molecule has 0 spiro atoms. The van der Waals surface area contributed by atoms with Gasteiger partial charge in [0.25, 0.3) is 5.56 Å². The minimum atomic E-state index is -0.459. The highest BCUT2D eigenvalue weighted by Gasteiger charge is 2.23. The first kappa shape index (κ1) is 20.7. The number of aromatic nitrogens is 2. The number of hydrogen-bond acceptors (Lipinski definition) is 4. The molecule has 0 bridgehead atoms. The number of fused-ring (bicyclic) bond motifs is 1. The minimum Gasteiger partial charge on any atom is -0.353 e. The van der Waals surface area contributed by atoms with Gasteiger partial charge in [-0.05, 0) is 49.6 Å². The Morgan fingerprint density at radius 3 is 2.71 bits per heavy atom. The van der Waals surface area contributed by atoms with Crippen molar-refractivity contribution in [2.75, 3.05) is 5.32 Å². The summed E-state index contributed by atoms with van der Waals surface area (Å²) in [7, 11) is 0. The fourth-order valence-corrected chi connectivity index (χ4v) is 3.39. The highest BCUT2D eigenvalue weighted by molar-refractivity contribution is 5.92. The maximum atomic E-state index is 13.5. The van der Waals surface area contributed by atoms with Gasteiger partial charge in [0.05, 0.1) is 11.0 Å². The van der Waals surface area contributed by atoms with Crippen molar-refractivity contribution in [1.29, 1.82) is 0 Å². The lowest BCUT2D eigenvalue weighted by Crippen LogP contribution is -2.32. The number of halogens is 1. The molecular formula is C23H23FN4O3. The molecule has 160 valence electrons. The Hall–Kier alpha value is -3.55. The van der Waals surface area contributed by atoms with Gasteiger partial charge in [0.15, 0.2) is 0 Å². The summed E-state index contributed by atoms with van der Waals surface area (Å²) in [6.07, 6.45) is 2.33. The smallest absolute Gasteiger partial charge is 0.273 e. The summed E-state index contributed by atoms with van der Waals surface area (Å²) in [6.45, 7) is 1.51. The molecule has 8 heteroatoms. The van der Waals surface area contributed by atoms with Crippen molar-refractivity contribution in [3.8, 4) is 0 Å². The summed E-state index contributed by atoms with van der Waals surface area (Å²) in [4.78, 5) is 42.2. The molecule has 1 aliphatic rings. The zero-order valence-corrected chi connectivity index (χ0v) is 17.2. The van der Waals surface area contributed by atoms with Crippen molar-refractivity contribution in [3.05, 3.63) is 69.9 Å². The number of carbonyl (C=O) groups is 2. The van der Waals surface area contributed by atoms with E-state index in [9.17, 15) is 18.8 Å². The number of rotatable bonds is 7. The second-order valence-corrected chi connectivity index (χ2v) is 7.79. The van der Waals surface area contributed by atoms with Gasteiger partial charge < -0.3 is 10.6 Å². The highest BCUT2D eigenvalue weighted by atomic mass is 19.1. The number of nitrogens with zero attached hydrogens (tertiary/aromatic N) is 2. The summed E-state index contributed by atoms with van der Waals surface area (Å²) >= 11 is 0. The van der Waals surface area contributed by atoms with Crippen molar-refractivity contribution >= 4 is 28.5 Å². The van der Waals surface area contributed by atoms with Crippen molar-refractivity contribution in [2.45, 2.75) is 45.2 Å². The average molecular weight is 422 g/mol. The molecule has 0 saturated heterocycles. The summed E-state index contributed by atoms with van der Waals surface area (Å²) in [5.74, 6) is -1.02. The number of amides is 2. The molecule has 1 saturated carbocycles. The normalized spacial score (nSPS) is 13.2. The second-order valence-electron chi connectivity index (χ2n) is 7.79. The van der Waals surface area contributed by atoms with Crippen LogP contribution >= 0.6 is 0 Å². The quantitative estimate of drug-likeness (QED) is 0.612. The van der Waals surface area contributed by atoms with Gasteiger partial charge in [-0.2, -0.15) is 0 Å². The number of hydrogen-bond donors (Lipinski definition) is 2. The van der Waals surface area contributed by atoms with E-state index in [1.165, 1.54) is 16.7 Å². The van der Waals surface area contributed by atoms with Gasteiger partial charge in [0, 0.05) is 24.6 Å². The Kier molecular flexibility index (Phi) is 5.79. The van der Waals surface area contributed by atoms with E-state index in [0.717, 1.165) is 12.8 Å². The Bertz CT molecular complexity index is 1220. The fraction of sp³-hybridized carbons (Fsp3) is 0.304. The number of anilines is 1. The van der Waals surface area contributed by atoms with E-state index >= 15 is 0 Å². The van der Waals surface area contributed by atoms with Gasteiger partial charge in [-0.25, -0.2) is 9.37 Å². The number of carbonyl (C=O) groups excluding carboxylic acids is 2. The van der Waals surface area contributed by atoms with Crippen LogP contribution < -0.4 is 16.2 Å². The van der Waals surface area contributed by atoms with Crippen LogP contribution in [0.4, 0.5) is 10.1 Å². The fourth-order valence-electron chi connectivity index (χ4n) is 3.39. The molecule has 1 aromatic heterocycles. The minimum absolute atomic E-state index is 0.109. The van der Waals surface area contributed by atoms with Gasteiger partial charge in [-0.3, -0.25) is 19.0 Å². The second kappa shape index (κ2) is 8.67. The Balaban J connectivity index is 1.58. The van der Waals surface area contributed by atoms with E-state index in [-0.39, 0.29) is 37.0 Å². The lowest BCUT2D eigenvalue weighted by molar-refractivity contribution is -0.121. The van der Waals surface area contributed by atoms with Crippen molar-refractivity contribution in [2.24, 2.45) is 0 Å². The Labute approximate surface area is 178 Å². The molecule has 2 aromatic carbocycles. The van der Waals surface area contributed by atoms with Crippen LogP contribution in [0.1, 0.15) is 30.5 Å². The predicted molar refractivity (Wildman–Crippen MR) is 115 cm³/mol. The lowest BCUT2D eigenvalue weighted by atomic mass is 10.2. The van der Waals surface area contributed by atoms with Gasteiger partial charge in [0.2, 0.25) is 11.8 Å². The van der Waals surface area contributed by atoms with Gasteiger partial charge in [-0.1, -0.05) is 18.2 Å². The monoisotopic (exact) mass is 422 g/mol. The van der Waals surface area contributed by atoms with Gasteiger partial charge >= 0.3 is 0 Å². The molecule has 2 amide bonds. The average Bonchev–Trinajstić information content (AvgIpc) is 3.55. The third-order valence-corrected chi connectivity index (χ3v) is 5.23. The first-order valence-corrected chi connectivity index (χ1v) is 10.2. The molecule has 1 heterocycles. The number of nitrogens with one attached hydrogen (secondary N) is 2. The largest absolute Gasteiger partial charge is 0.353 e. The van der Waals surface area contributed by atoms with Crippen LogP contribution in [-0.4, -0.2) is 27.4 Å². The van der Waals surface area contributed by atoms with E-state index in [1.54, 1.807) is 37.3 Å². The molecule has 3 aromatic rings. The molecule has 2 N–H and O–H groups in total. The number of benzene rings is 2. The Morgan fingerprint density at radius 1 is 1.16 bits per heavy atom. The van der Waals surface area contributed by atoms with Crippen LogP contribution in [0.3, 0.4) is 0 Å². The standard InChI is InChI=1S/C23H23FN4O3/c1-14-6-7-15(24)12-19(14)27-22(30)13-28-20-5-3-2-4-17(20)26-18(23(28)31)10-11-21(29)25-16-8-9-16/h2-7,12,16H,8-11,13H2,1H3,(H,25,29)(H,27,30). The molecule has 0 atom stereocenters. The lowest BCUT2D eigenvalue weighted by Gasteiger charge is -2.13. The molecule has 1 fully saturated rings. The SMILES string of the molecule is Cc1ccc(F)cc1NC(=O)Cn1c(=O)c(CCC(=O)NC2CC2)nc2ccccc21. The van der Waals surface area contributed by atoms with E-state index in [0.29, 0.717) is 22.3 Å². The summed E-state index contributed by atoms with van der Waals surface area (Å²) in [6, 6.07) is 11.4. The van der Waals surface area contributed by atoms with Crippen molar-refractivity contribution in [1.82, 2.24) is 14.9 Å². The maximum absolute atomic E-state index is 13.5. The molecule has 4 rings (SSSR count). The summed E-state index contributed by atoms with van der Waals surface area (Å²) < 4.78 is 14.9. The van der Waals surface area contributed by atoms with Crippen LogP contribution in [0, 0.1) is 12.7 Å². The maximum Gasteiger partial charge on any atom is 0.273 e. The van der Waals surface area contributed by atoms with Crippen LogP contribution in [0.5, 0.6) is 0 Å². The van der Waals surface area contributed by atoms with E-state index in [1.807, 2.05) is 0 Å². The predicted octanol–water partition coefficient (Wildman–Crippen LogP) is 2.69. The highest BCUT2D eigenvalue weighted by Crippen LogP contribution is 2.19. The van der Waals surface area contributed by atoms with Crippen LogP contribution in [0.25, 0.3) is 11.0 Å². The van der Waals surface area contributed by atoms with Crippen LogP contribution in [0.15, 0.2) is 47.3 Å². The van der Waals surface area contributed by atoms with E-state index < -0.39 is 17.3 Å².